The molecule has 1 aliphatic heterocycles. The van der Waals surface area contributed by atoms with Crippen molar-refractivity contribution in [2.45, 2.75) is 13.0 Å². The molecule has 0 aromatic heterocycles. The molecule has 1 saturated heterocycles. The van der Waals surface area contributed by atoms with Gasteiger partial charge in [0, 0.05) is 31.0 Å². The number of amides is 1. The molecule has 0 aliphatic carbocycles. The van der Waals surface area contributed by atoms with Crippen LogP contribution in [0.1, 0.15) is 22.7 Å². The van der Waals surface area contributed by atoms with E-state index in [0.717, 1.165) is 27.6 Å². The van der Waals surface area contributed by atoms with Gasteiger partial charge in [0.15, 0.2) is 0 Å². The van der Waals surface area contributed by atoms with Crippen LogP contribution in [-0.4, -0.2) is 30.9 Å². The molecule has 4 aromatic carbocycles. The van der Waals surface area contributed by atoms with Gasteiger partial charge in [-0.25, -0.2) is 0 Å². The zero-order chi connectivity index (χ0) is 24.7. The van der Waals surface area contributed by atoms with Gasteiger partial charge in [0.1, 0.15) is 5.76 Å². The first-order valence-corrected chi connectivity index (χ1v) is 11.5. The average molecular weight is 463 g/mol. The highest BCUT2D eigenvalue weighted by Gasteiger charge is 2.47. The van der Waals surface area contributed by atoms with Gasteiger partial charge < -0.3 is 10.0 Å². The van der Waals surface area contributed by atoms with Crippen molar-refractivity contribution < 1.29 is 14.7 Å². The number of rotatable bonds is 4. The molecule has 1 aliphatic rings. The maximum Gasteiger partial charge on any atom is 0.300 e. The Bertz CT molecular complexity index is 1480. The van der Waals surface area contributed by atoms with Gasteiger partial charge in [-0.3, -0.25) is 14.5 Å². The van der Waals surface area contributed by atoms with Gasteiger partial charge in [0.25, 0.3) is 11.7 Å². The van der Waals surface area contributed by atoms with Crippen LogP contribution in [0, 0.1) is 6.92 Å². The molecule has 1 fully saturated rings. The van der Waals surface area contributed by atoms with E-state index in [9.17, 15) is 14.7 Å². The van der Waals surface area contributed by atoms with Crippen LogP contribution in [-0.2, 0) is 9.59 Å². The van der Waals surface area contributed by atoms with E-state index in [0.29, 0.717) is 11.3 Å². The number of aliphatic hydroxyl groups excluding tert-OH is 1. The summed E-state index contributed by atoms with van der Waals surface area (Å²) in [6.07, 6.45) is 0. The fourth-order valence-electron chi connectivity index (χ4n) is 4.74. The van der Waals surface area contributed by atoms with Crippen LogP contribution in [0.5, 0.6) is 0 Å². The quantitative estimate of drug-likeness (QED) is 0.235. The molecule has 0 spiro atoms. The van der Waals surface area contributed by atoms with E-state index in [1.807, 2.05) is 111 Å². The number of aryl methyl sites for hydroxylation is 1. The summed E-state index contributed by atoms with van der Waals surface area (Å²) in [4.78, 5) is 30.4. The van der Waals surface area contributed by atoms with Crippen molar-refractivity contribution in [2.24, 2.45) is 0 Å². The van der Waals surface area contributed by atoms with Crippen molar-refractivity contribution in [2.75, 3.05) is 23.9 Å². The number of hydrogen-bond acceptors (Lipinski definition) is 4. The summed E-state index contributed by atoms with van der Waals surface area (Å²) in [5.41, 5.74) is 3.97. The van der Waals surface area contributed by atoms with E-state index >= 15 is 0 Å². The molecule has 1 unspecified atom stereocenters. The van der Waals surface area contributed by atoms with Gasteiger partial charge in [0.2, 0.25) is 0 Å². The molecule has 4 aromatic rings. The van der Waals surface area contributed by atoms with E-state index in [2.05, 4.69) is 0 Å². The van der Waals surface area contributed by atoms with Crippen molar-refractivity contribution in [1.82, 2.24) is 0 Å². The van der Waals surface area contributed by atoms with Gasteiger partial charge >= 0.3 is 0 Å². The Kier molecular flexibility index (Phi) is 5.61. The highest BCUT2D eigenvalue weighted by Crippen LogP contribution is 2.43. The van der Waals surface area contributed by atoms with Crippen molar-refractivity contribution >= 4 is 39.6 Å². The Morgan fingerprint density at radius 2 is 1.54 bits per heavy atom. The summed E-state index contributed by atoms with van der Waals surface area (Å²) in [7, 11) is 3.89. The van der Waals surface area contributed by atoms with Gasteiger partial charge in [-0.2, -0.15) is 0 Å². The Morgan fingerprint density at radius 1 is 0.857 bits per heavy atom. The number of anilines is 2. The molecule has 0 bridgehead atoms. The van der Waals surface area contributed by atoms with Crippen LogP contribution in [0.15, 0.2) is 96.6 Å². The lowest BCUT2D eigenvalue weighted by Gasteiger charge is -2.26. The zero-order valence-corrected chi connectivity index (χ0v) is 19.9. The predicted molar refractivity (Wildman–Crippen MR) is 141 cm³/mol. The second-order valence-electron chi connectivity index (χ2n) is 9.02. The topological polar surface area (TPSA) is 60.9 Å². The molecule has 5 heteroatoms. The average Bonchev–Trinajstić information content (AvgIpc) is 3.13. The molecular formula is C30H26N2O3. The number of carbonyl (C=O) groups is 2. The van der Waals surface area contributed by atoms with E-state index in [1.165, 1.54) is 4.90 Å². The first-order valence-electron chi connectivity index (χ1n) is 11.5. The van der Waals surface area contributed by atoms with Crippen LogP contribution in [0.4, 0.5) is 11.4 Å². The molecule has 0 saturated carbocycles. The lowest BCUT2D eigenvalue weighted by molar-refractivity contribution is -0.132. The first kappa shape index (κ1) is 22.4. The van der Waals surface area contributed by atoms with E-state index in [-0.39, 0.29) is 11.3 Å². The smallest absolute Gasteiger partial charge is 0.300 e. The maximum absolute atomic E-state index is 13.5. The van der Waals surface area contributed by atoms with E-state index in [4.69, 9.17) is 0 Å². The van der Waals surface area contributed by atoms with Crippen molar-refractivity contribution in [3.05, 3.63) is 113 Å². The van der Waals surface area contributed by atoms with Gasteiger partial charge in [0.05, 0.1) is 11.6 Å². The molecule has 5 rings (SSSR count). The second-order valence-corrected chi connectivity index (χ2v) is 9.02. The number of Topliss-reactive ketones (excluding diaryl/α,β-unsaturated/α-hetero) is 1. The molecule has 0 radical (unpaired) electrons. The standard InChI is InChI=1S/C30H26N2O3/c1-19-8-6-11-21(18-19)27-26(28(33)25-13-7-10-20-9-4-5-12-24(20)25)29(34)30(35)32(27)23-16-14-22(15-17-23)31(2)3/h4-18,27,33H,1-3H3/b28-26-. The number of aliphatic hydroxyl groups is 1. The van der Waals surface area contributed by atoms with Crippen LogP contribution >= 0.6 is 0 Å². The van der Waals surface area contributed by atoms with Crippen molar-refractivity contribution in [3.63, 3.8) is 0 Å². The second kappa shape index (κ2) is 8.76. The molecule has 35 heavy (non-hydrogen) atoms. The highest BCUT2D eigenvalue weighted by molar-refractivity contribution is 6.51. The lowest BCUT2D eigenvalue weighted by Crippen LogP contribution is -2.29. The molecule has 174 valence electrons. The molecular weight excluding hydrogens is 436 g/mol. The monoisotopic (exact) mass is 462 g/mol. The molecule has 1 amide bonds. The Labute approximate surface area is 204 Å². The first-order chi connectivity index (χ1) is 16.9. The predicted octanol–water partition coefficient (Wildman–Crippen LogP) is 5.84. The third-order valence-electron chi connectivity index (χ3n) is 6.49. The van der Waals surface area contributed by atoms with Gasteiger partial charge in [-0.1, -0.05) is 72.3 Å². The molecule has 1 atom stereocenters. The summed E-state index contributed by atoms with van der Waals surface area (Å²) in [6.45, 7) is 1.96. The summed E-state index contributed by atoms with van der Waals surface area (Å²) in [6, 6.07) is 27.7. The van der Waals surface area contributed by atoms with Crippen LogP contribution in [0.25, 0.3) is 16.5 Å². The fraction of sp³-hybridized carbons (Fsp3) is 0.133. The Balaban J connectivity index is 1.75. The zero-order valence-electron chi connectivity index (χ0n) is 19.9. The fourth-order valence-corrected chi connectivity index (χ4v) is 4.74. The SMILES string of the molecule is Cc1cccc(C2/C(=C(/O)c3cccc4ccccc34)C(=O)C(=O)N2c2ccc(N(C)C)cc2)c1. The Hall–Kier alpha value is -4.38. The minimum absolute atomic E-state index is 0.0913. The van der Waals surface area contributed by atoms with Gasteiger partial charge in [-0.15, -0.1) is 0 Å². The molecule has 1 N–H and O–H groups in total. The number of benzene rings is 4. The van der Waals surface area contributed by atoms with Crippen LogP contribution in [0.3, 0.4) is 0 Å². The maximum atomic E-state index is 13.5. The summed E-state index contributed by atoms with van der Waals surface area (Å²) in [5.74, 6) is -1.52. The molecule has 1 heterocycles. The number of ketones is 1. The molecule has 5 nitrogen and oxygen atoms in total. The highest BCUT2D eigenvalue weighted by atomic mass is 16.3. The third-order valence-corrected chi connectivity index (χ3v) is 6.49. The van der Waals surface area contributed by atoms with Crippen molar-refractivity contribution in [1.29, 1.82) is 0 Å². The normalized spacial score (nSPS) is 17.2. The van der Waals surface area contributed by atoms with E-state index < -0.39 is 17.7 Å². The van der Waals surface area contributed by atoms with Crippen LogP contribution in [0.2, 0.25) is 0 Å². The number of fused-ring (bicyclic) bond motifs is 1. The lowest BCUT2D eigenvalue weighted by atomic mass is 9.92. The summed E-state index contributed by atoms with van der Waals surface area (Å²) >= 11 is 0. The minimum Gasteiger partial charge on any atom is -0.507 e. The van der Waals surface area contributed by atoms with Gasteiger partial charge in [-0.05, 0) is 47.5 Å². The largest absolute Gasteiger partial charge is 0.507 e. The number of nitrogens with zero attached hydrogens (tertiary/aromatic N) is 2. The van der Waals surface area contributed by atoms with E-state index in [1.54, 1.807) is 6.07 Å². The Morgan fingerprint density at radius 3 is 2.26 bits per heavy atom. The number of hydrogen-bond donors (Lipinski definition) is 1. The third kappa shape index (κ3) is 3.85. The minimum atomic E-state index is -0.751. The summed E-state index contributed by atoms with van der Waals surface area (Å²) < 4.78 is 0. The van der Waals surface area contributed by atoms with Crippen molar-refractivity contribution in [3.8, 4) is 0 Å². The number of carbonyl (C=O) groups excluding carboxylic acids is 2. The summed E-state index contributed by atoms with van der Waals surface area (Å²) in [5, 5.41) is 13.3. The van der Waals surface area contributed by atoms with Crippen LogP contribution < -0.4 is 9.80 Å².